The molecule has 1 heterocycles. The van der Waals surface area contributed by atoms with Gasteiger partial charge in [-0.3, -0.25) is 0 Å². The summed E-state index contributed by atoms with van der Waals surface area (Å²) in [6.07, 6.45) is 3.66. The number of hydrogen-bond acceptors (Lipinski definition) is 7. The van der Waals surface area contributed by atoms with Crippen molar-refractivity contribution in [3.05, 3.63) is 76.9 Å². The summed E-state index contributed by atoms with van der Waals surface area (Å²) >= 11 is 0. The van der Waals surface area contributed by atoms with Gasteiger partial charge in [0.2, 0.25) is 0 Å². The Hall–Kier alpha value is -3.52. The smallest absolute Gasteiger partial charge is 0.338 e. The monoisotopic (exact) mass is 521 g/mol. The van der Waals surface area contributed by atoms with E-state index in [1.165, 1.54) is 6.26 Å². The number of para-hydroxylation sites is 1. The van der Waals surface area contributed by atoms with E-state index in [2.05, 4.69) is 18.3 Å². The molecular weight excluding hydrogens is 490 g/mol. The van der Waals surface area contributed by atoms with Crippen LogP contribution < -0.4 is 14.8 Å². The van der Waals surface area contributed by atoms with E-state index in [4.69, 9.17) is 14.2 Å². The first-order valence-corrected chi connectivity index (χ1v) is 14.6. The molecule has 1 N–H and O–H groups in total. The highest BCUT2D eigenvalue weighted by molar-refractivity contribution is 7.90. The predicted octanol–water partition coefficient (Wildman–Crippen LogP) is 5.30. The molecule has 1 fully saturated rings. The Balaban J connectivity index is 1.29. The highest BCUT2D eigenvalue weighted by Crippen LogP contribution is 2.43. The lowest BCUT2D eigenvalue weighted by Gasteiger charge is -2.25. The van der Waals surface area contributed by atoms with Crippen LogP contribution in [0.2, 0.25) is 0 Å². The molecule has 0 saturated heterocycles. The third-order valence-corrected chi connectivity index (χ3v) is 7.47. The van der Waals surface area contributed by atoms with Crippen LogP contribution >= 0.6 is 0 Å². The van der Waals surface area contributed by atoms with E-state index >= 15 is 0 Å². The lowest BCUT2D eigenvalue weighted by molar-refractivity contribution is 0.0472. The lowest BCUT2D eigenvalue weighted by atomic mass is 9.91. The highest BCUT2D eigenvalue weighted by atomic mass is 32.2. The highest BCUT2D eigenvalue weighted by Gasteiger charge is 2.26. The third-order valence-electron chi connectivity index (χ3n) is 6.44. The second-order valence-electron chi connectivity index (χ2n) is 9.73. The lowest BCUT2D eigenvalue weighted by Crippen LogP contribution is -2.12. The Morgan fingerprint density at radius 1 is 1.11 bits per heavy atom. The first-order chi connectivity index (χ1) is 17.8. The summed E-state index contributed by atoms with van der Waals surface area (Å²) in [5.74, 6) is 1.39. The van der Waals surface area contributed by atoms with Gasteiger partial charge in [0.1, 0.15) is 34.0 Å². The van der Waals surface area contributed by atoms with Crippen molar-refractivity contribution in [3.63, 3.8) is 0 Å². The minimum atomic E-state index is -3.00. The number of sulfone groups is 1. The first-order valence-electron chi connectivity index (χ1n) is 12.5. The standard InChI is InChI=1S/C29H31NO6S/c1-19-14-25(34-12-5-13-37(2,32)33)16-22-18-35-28-21(7-4-9-26(28)27(19)22)17-30-23-8-3-6-20(15-23)29(31)36-24-10-11-24/h3-4,6-9,14-16,24,30H,5,10-13,17-18H2,1-2H3. The van der Waals surface area contributed by atoms with Crippen LogP contribution in [0.4, 0.5) is 5.69 Å². The van der Waals surface area contributed by atoms with Crippen molar-refractivity contribution in [1.82, 2.24) is 0 Å². The van der Waals surface area contributed by atoms with Crippen molar-refractivity contribution in [1.29, 1.82) is 0 Å². The fraction of sp³-hybridized carbons (Fsp3) is 0.345. The van der Waals surface area contributed by atoms with E-state index in [1.54, 1.807) is 6.07 Å². The molecule has 8 heteroatoms. The van der Waals surface area contributed by atoms with Gasteiger partial charge in [0.15, 0.2) is 0 Å². The molecule has 1 saturated carbocycles. The fourth-order valence-corrected chi connectivity index (χ4v) is 5.16. The fourth-order valence-electron chi connectivity index (χ4n) is 4.52. The van der Waals surface area contributed by atoms with Crippen LogP contribution in [-0.2, 0) is 27.7 Å². The van der Waals surface area contributed by atoms with E-state index in [9.17, 15) is 13.2 Å². The van der Waals surface area contributed by atoms with Crippen LogP contribution in [-0.4, -0.2) is 39.1 Å². The summed E-state index contributed by atoms with van der Waals surface area (Å²) in [6.45, 7) is 3.36. The van der Waals surface area contributed by atoms with Crippen LogP contribution in [0.25, 0.3) is 11.1 Å². The van der Waals surface area contributed by atoms with Crippen LogP contribution in [0.1, 0.15) is 46.3 Å². The number of rotatable bonds is 10. The number of ether oxygens (including phenoxy) is 3. The van der Waals surface area contributed by atoms with E-state index < -0.39 is 9.84 Å². The van der Waals surface area contributed by atoms with Crippen molar-refractivity contribution in [2.75, 3.05) is 23.9 Å². The molecule has 5 rings (SSSR count). The minimum Gasteiger partial charge on any atom is -0.494 e. The van der Waals surface area contributed by atoms with E-state index in [1.807, 2.05) is 42.5 Å². The van der Waals surface area contributed by atoms with Crippen molar-refractivity contribution < 1.29 is 27.4 Å². The molecule has 1 aliphatic carbocycles. The van der Waals surface area contributed by atoms with Gasteiger partial charge in [-0.25, -0.2) is 13.2 Å². The Morgan fingerprint density at radius 3 is 2.70 bits per heavy atom. The van der Waals surface area contributed by atoms with Crippen LogP contribution in [0, 0.1) is 6.92 Å². The number of anilines is 1. The zero-order valence-corrected chi connectivity index (χ0v) is 21.9. The minimum absolute atomic E-state index is 0.0750. The molecule has 194 valence electrons. The van der Waals surface area contributed by atoms with E-state index in [0.29, 0.717) is 31.7 Å². The van der Waals surface area contributed by atoms with Gasteiger partial charge in [0.05, 0.1) is 17.9 Å². The molecule has 7 nitrogen and oxygen atoms in total. The number of benzene rings is 3. The number of esters is 1. The summed E-state index contributed by atoms with van der Waals surface area (Å²) < 4.78 is 40.1. The molecular formula is C29H31NO6S. The summed E-state index contributed by atoms with van der Waals surface area (Å²) in [5.41, 5.74) is 6.69. The van der Waals surface area contributed by atoms with E-state index in [-0.39, 0.29) is 17.8 Å². The van der Waals surface area contributed by atoms with Crippen LogP contribution in [0.15, 0.2) is 54.6 Å². The number of aryl methyl sites for hydroxylation is 1. The molecule has 0 spiro atoms. The van der Waals surface area contributed by atoms with Crippen LogP contribution in [0.3, 0.4) is 0 Å². The maximum Gasteiger partial charge on any atom is 0.338 e. The van der Waals surface area contributed by atoms with E-state index in [0.717, 1.165) is 57.8 Å². The van der Waals surface area contributed by atoms with Crippen LogP contribution in [0.5, 0.6) is 11.5 Å². The zero-order valence-electron chi connectivity index (χ0n) is 21.1. The molecule has 2 aliphatic rings. The average molecular weight is 522 g/mol. The van der Waals surface area contributed by atoms with Gasteiger partial charge >= 0.3 is 5.97 Å². The Kier molecular flexibility index (Phi) is 7.11. The molecule has 1 aliphatic heterocycles. The van der Waals surface area contributed by atoms with Crippen molar-refractivity contribution in [2.24, 2.45) is 0 Å². The Labute approximate surface area is 217 Å². The molecule has 0 aromatic heterocycles. The zero-order chi connectivity index (χ0) is 26.0. The normalized spacial score (nSPS) is 14.2. The quantitative estimate of drug-likeness (QED) is 0.286. The number of carbonyl (C=O) groups excluding carboxylic acids is 1. The molecule has 0 radical (unpaired) electrons. The third kappa shape index (κ3) is 6.25. The number of fused-ring (bicyclic) bond motifs is 3. The number of carbonyl (C=O) groups is 1. The maximum atomic E-state index is 12.3. The summed E-state index contributed by atoms with van der Waals surface area (Å²) in [5, 5.41) is 3.41. The molecule has 0 unspecified atom stereocenters. The largest absolute Gasteiger partial charge is 0.494 e. The number of nitrogens with one attached hydrogen (secondary N) is 1. The predicted molar refractivity (Wildman–Crippen MR) is 143 cm³/mol. The van der Waals surface area contributed by atoms with Gasteiger partial charge in [-0.2, -0.15) is 0 Å². The van der Waals surface area contributed by atoms with Gasteiger partial charge in [-0.15, -0.1) is 0 Å². The molecule has 3 aromatic carbocycles. The van der Waals surface area contributed by atoms with Gasteiger partial charge in [0, 0.05) is 35.2 Å². The molecule has 0 atom stereocenters. The Morgan fingerprint density at radius 2 is 1.92 bits per heavy atom. The summed E-state index contributed by atoms with van der Waals surface area (Å²) in [6, 6.07) is 17.5. The average Bonchev–Trinajstić information content (AvgIpc) is 3.68. The maximum absolute atomic E-state index is 12.3. The second-order valence-corrected chi connectivity index (χ2v) is 12.0. The summed E-state index contributed by atoms with van der Waals surface area (Å²) in [4.78, 5) is 12.3. The van der Waals surface area contributed by atoms with Gasteiger partial charge in [-0.05, 0) is 67.6 Å². The molecule has 0 amide bonds. The topological polar surface area (TPSA) is 90.9 Å². The Bertz CT molecular complexity index is 1430. The van der Waals surface area contributed by atoms with Crippen molar-refractivity contribution in [2.45, 2.75) is 45.4 Å². The first kappa shape index (κ1) is 25.1. The summed E-state index contributed by atoms with van der Waals surface area (Å²) in [7, 11) is -3.00. The van der Waals surface area contributed by atoms with Crippen molar-refractivity contribution >= 4 is 21.5 Å². The van der Waals surface area contributed by atoms with Crippen molar-refractivity contribution in [3.8, 4) is 22.6 Å². The molecule has 0 bridgehead atoms. The van der Waals surface area contributed by atoms with Gasteiger partial charge in [-0.1, -0.05) is 24.3 Å². The van der Waals surface area contributed by atoms with Gasteiger partial charge < -0.3 is 19.5 Å². The molecule has 3 aromatic rings. The number of hydrogen-bond donors (Lipinski definition) is 1. The van der Waals surface area contributed by atoms with Gasteiger partial charge in [0.25, 0.3) is 0 Å². The second kappa shape index (κ2) is 10.5. The molecule has 37 heavy (non-hydrogen) atoms. The SMILES string of the molecule is Cc1cc(OCCCS(C)(=O)=O)cc2c1-c1cccc(CNc3cccc(C(=O)OC4CC4)c3)c1OC2.